The minimum Gasteiger partial charge on any atom is -0.318 e. The van der Waals surface area contributed by atoms with E-state index in [1.807, 2.05) is 5.32 Å². The molecule has 0 spiro atoms. The van der Waals surface area contributed by atoms with Gasteiger partial charge in [-0.3, -0.25) is 9.32 Å². The molecular weight excluding hydrogens is 390 g/mol. The van der Waals surface area contributed by atoms with Crippen molar-refractivity contribution in [2.45, 2.75) is 13.2 Å². The number of phosphoric acid groups is 1. The number of anilines is 1. The van der Waals surface area contributed by atoms with Crippen molar-refractivity contribution in [3.05, 3.63) is 46.5 Å². The molecule has 1 atom stereocenters. The molecule has 13 heteroatoms. The summed E-state index contributed by atoms with van der Waals surface area (Å²) in [4.78, 5) is 29.5. The van der Waals surface area contributed by atoms with Crippen LogP contribution >= 0.6 is 19.4 Å². The first kappa shape index (κ1) is 19.4. The van der Waals surface area contributed by atoms with E-state index in [1.54, 1.807) is 0 Å². The van der Waals surface area contributed by atoms with E-state index >= 15 is 0 Å². The molecule has 1 unspecified atom stereocenters. The summed E-state index contributed by atoms with van der Waals surface area (Å²) in [5.41, 5.74) is -1.31. The number of rotatable bonds is 5. The predicted molar refractivity (Wildman–Crippen MR) is 79.3 cm³/mol. The molecule has 0 aliphatic rings. The van der Waals surface area contributed by atoms with Crippen LogP contribution in [0.15, 0.2) is 18.2 Å². The maximum absolute atomic E-state index is 14.1. The Hall–Kier alpha value is -1.91. The lowest BCUT2D eigenvalue weighted by molar-refractivity contribution is 0.0875. The second-order valence-electron chi connectivity index (χ2n) is 4.67. The molecule has 25 heavy (non-hydrogen) atoms. The quantitative estimate of drug-likeness (QED) is 0.666. The van der Waals surface area contributed by atoms with E-state index in [2.05, 4.69) is 9.62 Å². The normalized spacial score (nSPS) is 12.9. The first-order valence-corrected chi connectivity index (χ1v) is 8.34. The van der Waals surface area contributed by atoms with E-state index in [4.69, 9.17) is 21.4 Å². The van der Waals surface area contributed by atoms with Crippen LogP contribution in [-0.4, -0.2) is 25.5 Å². The van der Waals surface area contributed by atoms with Crippen LogP contribution in [0, 0.1) is 17.5 Å². The molecule has 0 saturated carbocycles. The van der Waals surface area contributed by atoms with Crippen LogP contribution in [0.3, 0.4) is 0 Å². The van der Waals surface area contributed by atoms with Gasteiger partial charge < -0.3 is 15.1 Å². The Labute approximate surface area is 143 Å². The summed E-state index contributed by atoms with van der Waals surface area (Å²) in [5.74, 6) is -4.51. The average Bonchev–Trinajstić information content (AvgIpc) is 2.77. The van der Waals surface area contributed by atoms with Crippen molar-refractivity contribution in [3.8, 4) is 0 Å². The molecular formula is C12H10ClF3N3O5P. The third-order valence-corrected chi connectivity index (χ3v) is 3.75. The number of phosphoric ester groups is 1. The SMILES string of the molecule is CC(OP(=O)(O)O)n1nc(C(=O)Nc2ccc(F)cc2F)c(F)c1Cl. The van der Waals surface area contributed by atoms with E-state index in [1.165, 1.54) is 0 Å². The van der Waals surface area contributed by atoms with Crippen LogP contribution < -0.4 is 5.32 Å². The van der Waals surface area contributed by atoms with Gasteiger partial charge >= 0.3 is 7.82 Å². The fourth-order valence-corrected chi connectivity index (χ4v) is 2.55. The van der Waals surface area contributed by atoms with Gasteiger partial charge in [0, 0.05) is 6.07 Å². The number of benzene rings is 1. The minimum absolute atomic E-state index is 0.434. The smallest absolute Gasteiger partial charge is 0.318 e. The van der Waals surface area contributed by atoms with Crippen molar-refractivity contribution in [1.82, 2.24) is 9.78 Å². The third-order valence-electron chi connectivity index (χ3n) is 2.83. The largest absolute Gasteiger partial charge is 0.471 e. The fraction of sp³-hybridized carbons (Fsp3) is 0.167. The number of nitrogens with zero attached hydrogens (tertiary/aromatic N) is 2. The van der Waals surface area contributed by atoms with Gasteiger partial charge in [0.15, 0.2) is 22.9 Å². The van der Waals surface area contributed by atoms with Gasteiger partial charge in [-0.25, -0.2) is 22.4 Å². The van der Waals surface area contributed by atoms with Crippen LogP contribution in [0.2, 0.25) is 5.15 Å². The Bertz CT molecular complexity index is 872. The maximum atomic E-state index is 14.1. The Morgan fingerprint density at radius 1 is 1.40 bits per heavy atom. The zero-order valence-corrected chi connectivity index (χ0v) is 13.9. The van der Waals surface area contributed by atoms with Crippen LogP contribution in [0.1, 0.15) is 23.6 Å². The Morgan fingerprint density at radius 2 is 2.04 bits per heavy atom. The van der Waals surface area contributed by atoms with Crippen molar-refractivity contribution >= 4 is 31.0 Å². The van der Waals surface area contributed by atoms with Crippen molar-refractivity contribution in [1.29, 1.82) is 0 Å². The second kappa shape index (κ2) is 7.14. The van der Waals surface area contributed by atoms with Gasteiger partial charge in [0.2, 0.25) is 0 Å². The highest BCUT2D eigenvalue weighted by Crippen LogP contribution is 2.41. The number of carbonyl (C=O) groups is 1. The summed E-state index contributed by atoms with van der Waals surface area (Å²) in [7, 11) is -4.93. The molecule has 2 aromatic rings. The number of amides is 1. The number of hydrogen-bond acceptors (Lipinski definition) is 4. The summed E-state index contributed by atoms with van der Waals surface area (Å²) < 4.78 is 56.0. The highest BCUT2D eigenvalue weighted by Gasteiger charge is 2.28. The van der Waals surface area contributed by atoms with Crippen LogP contribution in [0.4, 0.5) is 18.9 Å². The molecule has 0 aliphatic heterocycles. The molecule has 8 nitrogen and oxygen atoms in total. The first-order valence-electron chi connectivity index (χ1n) is 6.43. The zero-order chi connectivity index (χ0) is 18.9. The molecule has 0 radical (unpaired) electrons. The third kappa shape index (κ3) is 4.59. The standard InChI is InChI=1S/C12H10ClF3N3O5P/c1-5(24-25(21,22)23)19-11(13)9(16)10(18-19)12(20)17-8-3-2-6(14)4-7(8)15/h2-5H,1H3,(H,17,20)(H2,21,22,23). The topological polar surface area (TPSA) is 114 Å². The first-order chi connectivity index (χ1) is 11.5. The molecule has 2 rings (SSSR count). The monoisotopic (exact) mass is 399 g/mol. The van der Waals surface area contributed by atoms with Gasteiger partial charge in [0.05, 0.1) is 5.69 Å². The highest BCUT2D eigenvalue weighted by atomic mass is 35.5. The Kier molecular flexibility index (Phi) is 5.55. The number of aromatic nitrogens is 2. The van der Waals surface area contributed by atoms with Gasteiger partial charge in [-0.05, 0) is 19.1 Å². The Balaban J connectivity index is 2.29. The number of nitrogens with one attached hydrogen (secondary N) is 1. The van der Waals surface area contributed by atoms with Crippen LogP contribution in [0.25, 0.3) is 0 Å². The molecule has 1 heterocycles. The zero-order valence-electron chi connectivity index (χ0n) is 12.3. The molecule has 136 valence electrons. The lowest BCUT2D eigenvalue weighted by Crippen LogP contribution is -2.16. The minimum atomic E-state index is -4.93. The number of hydrogen-bond donors (Lipinski definition) is 3. The van der Waals surface area contributed by atoms with E-state index in [0.717, 1.165) is 19.1 Å². The lowest BCUT2D eigenvalue weighted by atomic mass is 10.3. The predicted octanol–water partition coefficient (Wildman–Crippen LogP) is 2.83. The van der Waals surface area contributed by atoms with Crippen LogP contribution in [-0.2, 0) is 9.09 Å². The van der Waals surface area contributed by atoms with E-state index in [-0.39, 0.29) is 0 Å². The molecule has 0 bridgehead atoms. The maximum Gasteiger partial charge on any atom is 0.471 e. The molecule has 0 aliphatic carbocycles. The molecule has 0 saturated heterocycles. The van der Waals surface area contributed by atoms with Gasteiger partial charge in [-0.15, -0.1) is 0 Å². The summed E-state index contributed by atoms with van der Waals surface area (Å²) in [6.45, 7) is 1.10. The number of carbonyl (C=O) groups excluding carboxylic acids is 1. The van der Waals surface area contributed by atoms with E-state index in [9.17, 15) is 22.5 Å². The molecule has 0 fully saturated rings. The summed E-state index contributed by atoms with van der Waals surface area (Å²) in [5, 5.41) is 4.68. The van der Waals surface area contributed by atoms with E-state index in [0.29, 0.717) is 10.7 Å². The van der Waals surface area contributed by atoms with Crippen molar-refractivity contribution in [2.24, 2.45) is 0 Å². The van der Waals surface area contributed by atoms with Gasteiger partial charge in [0.25, 0.3) is 5.91 Å². The molecule has 3 N–H and O–H groups in total. The fourth-order valence-electron chi connectivity index (χ4n) is 1.80. The summed E-state index contributed by atoms with van der Waals surface area (Å²) in [6.07, 6.45) is -1.51. The van der Waals surface area contributed by atoms with Crippen LogP contribution in [0.5, 0.6) is 0 Å². The molecule has 1 aromatic heterocycles. The van der Waals surface area contributed by atoms with Gasteiger partial charge in [-0.2, -0.15) is 5.10 Å². The van der Waals surface area contributed by atoms with E-state index < -0.39 is 53.9 Å². The summed E-state index contributed by atoms with van der Waals surface area (Å²) >= 11 is 5.63. The second-order valence-corrected chi connectivity index (χ2v) is 6.22. The highest BCUT2D eigenvalue weighted by molar-refractivity contribution is 7.46. The van der Waals surface area contributed by atoms with Gasteiger partial charge in [0.1, 0.15) is 11.6 Å². The number of halogens is 4. The average molecular weight is 400 g/mol. The molecule has 1 amide bonds. The van der Waals surface area contributed by atoms with Crippen molar-refractivity contribution in [3.63, 3.8) is 0 Å². The van der Waals surface area contributed by atoms with Crippen molar-refractivity contribution in [2.75, 3.05) is 5.32 Å². The lowest BCUT2D eigenvalue weighted by Gasteiger charge is -2.14. The van der Waals surface area contributed by atoms with Gasteiger partial charge in [-0.1, -0.05) is 11.6 Å². The van der Waals surface area contributed by atoms with Crippen molar-refractivity contribution < 1.29 is 36.8 Å². The molecule has 1 aromatic carbocycles. The Morgan fingerprint density at radius 3 is 2.60 bits per heavy atom. The summed E-state index contributed by atoms with van der Waals surface area (Å²) in [6, 6.07) is 2.29.